The summed E-state index contributed by atoms with van der Waals surface area (Å²) >= 11 is 0. The molecule has 1 aliphatic carbocycles. The maximum Gasteiger partial charge on any atom is 0.269 e. The van der Waals surface area contributed by atoms with Crippen molar-refractivity contribution in [1.82, 2.24) is 10.9 Å². The molecule has 0 aliphatic heterocycles. The van der Waals surface area contributed by atoms with Gasteiger partial charge >= 0.3 is 0 Å². The third kappa shape index (κ3) is 2.56. The second-order valence-corrected chi connectivity index (χ2v) is 3.58. The van der Waals surface area contributed by atoms with E-state index in [-0.39, 0.29) is 17.7 Å². The highest BCUT2D eigenvalue weighted by Crippen LogP contribution is 2.28. The van der Waals surface area contributed by atoms with Crippen LogP contribution in [0.2, 0.25) is 0 Å². The first-order chi connectivity index (χ1) is 7.27. The molecule has 0 unspecified atom stereocenters. The predicted octanol–water partition coefficient (Wildman–Crippen LogP) is 0.858. The Morgan fingerprint density at radius 1 is 1.07 bits per heavy atom. The smallest absolute Gasteiger partial charge is 0.269 e. The summed E-state index contributed by atoms with van der Waals surface area (Å²) < 4.78 is 0. The molecule has 0 spiro atoms. The Balaban J connectivity index is 1.84. The van der Waals surface area contributed by atoms with E-state index in [1.807, 2.05) is 6.07 Å². The summed E-state index contributed by atoms with van der Waals surface area (Å²) in [7, 11) is 0. The quantitative estimate of drug-likeness (QED) is 0.702. The third-order valence-corrected chi connectivity index (χ3v) is 2.28. The minimum absolute atomic E-state index is 0.0979. The summed E-state index contributed by atoms with van der Waals surface area (Å²) in [5, 5.41) is 0. The Morgan fingerprint density at radius 2 is 1.73 bits per heavy atom. The Bertz CT molecular complexity index is 371. The second-order valence-electron chi connectivity index (χ2n) is 3.58. The van der Waals surface area contributed by atoms with Crippen molar-refractivity contribution in [2.75, 3.05) is 0 Å². The molecule has 1 saturated carbocycles. The van der Waals surface area contributed by atoms with E-state index in [4.69, 9.17) is 0 Å². The Kier molecular flexibility index (Phi) is 2.67. The number of benzene rings is 1. The first-order valence-electron chi connectivity index (χ1n) is 4.92. The van der Waals surface area contributed by atoms with Gasteiger partial charge in [0.1, 0.15) is 0 Å². The predicted molar refractivity (Wildman–Crippen MR) is 54.8 cm³/mol. The Morgan fingerprint density at radius 3 is 2.33 bits per heavy atom. The molecular formula is C11H12N2O2. The van der Waals surface area contributed by atoms with Crippen LogP contribution in [0.15, 0.2) is 30.3 Å². The summed E-state index contributed by atoms with van der Waals surface area (Å²) in [6.45, 7) is 0. The van der Waals surface area contributed by atoms with E-state index in [0.717, 1.165) is 12.8 Å². The largest absolute Gasteiger partial charge is 0.273 e. The van der Waals surface area contributed by atoms with Gasteiger partial charge in [0.05, 0.1) is 0 Å². The van der Waals surface area contributed by atoms with Crippen molar-refractivity contribution in [2.24, 2.45) is 5.92 Å². The molecule has 0 saturated heterocycles. The standard InChI is InChI=1S/C11H12N2O2/c14-10(8-4-2-1-3-5-8)12-13-11(15)9-6-7-9/h1-5,9H,6-7H2,(H,12,14)(H,13,15). The molecule has 1 aromatic rings. The molecule has 78 valence electrons. The lowest BCUT2D eigenvalue weighted by Gasteiger charge is -2.05. The third-order valence-electron chi connectivity index (χ3n) is 2.28. The summed E-state index contributed by atoms with van der Waals surface area (Å²) in [6.07, 6.45) is 1.85. The van der Waals surface area contributed by atoms with Crippen LogP contribution in [0.3, 0.4) is 0 Å². The van der Waals surface area contributed by atoms with Gasteiger partial charge in [0.15, 0.2) is 0 Å². The van der Waals surface area contributed by atoms with Crippen LogP contribution in [0.25, 0.3) is 0 Å². The fraction of sp³-hybridized carbons (Fsp3) is 0.273. The molecule has 1 fully saturated rings. The van der Waals surface area contributed by atoms with Crippen LogP contribution in [0, 0.1) is 5.92 Å². The highest BCUT2D eigenvalue weighted by Gasteiger charge is 2.29. The fourth-order valence-electron chi connectivity index (χ4n) is 1.23. The van der Waals surface area contributed by atoms with Crippen molar-refractivity contribution in [3.63, 3.8) is 0 Å². The van der Waals surface area contributed by atoms with Gasteiger partial charge in [-0.2, -0.15) is 0 Å². The number of hydrazine groups is 1. The molecule has 2 rings (SSSR count). The zero-order valence-corrected chi connectivity index (χ0v) is 8.19. The molecule has 1 aromatic carbocycles. The second kappa shape index (κ2) is 4.13. The lowest BCUT2D eigenvalue weighted by Crippen LogP contribution is -2.42. The zero-order valence-electron chi connectivity index (χ0n) is 8.19. The average molecular weight is 204 g/mol. The van der Waals surface area contributed by atoms with E-state index < -0.39 is 0 Å². The van der Waals surface area contributed by atoms with Gasteiger partial charge in [-0.25, -0.2) is 0 Å². The van der Waals surface area contributed by atoms with Crippen molar-refractivity contribution >= 4 is 11.8 Å². The lowest BCUT2D eigenvalue weighted by atomic mass is 10.2. The SMILES string of the molecule is O=C(NNC(=O)C1CC1)c1ccccc1. The number of rotatable bonds is 2. The van der Waals surface area contributed by atoms with Crippen molar-refractivity contribution in [2.45, 2.75) is 12.8 Å². The number of carbonyl (C=O) groups is 2. The molecule has 0 bridgehead atoms. The maximum atomic E-state index is 11.5. The topological polar surface area (TPSA) is 58.2 Å². The summed E-state index contributed by atoms with van der Waals surface area (Å²) in [5.41, 5.74) is 5.32. The van der Waals surface area contributed by atoms with Crippen LogP contribution in [-0.2, 0) is 4.79 Å². The number of hydrogen-bond acceptors (Lipinski definition) is 2. The molecule has 0 radical (unpaired) electrons. The summed E-state index contributed by atoms with van der Waals surface area (Å²) in [5.74, 6) is -0.287. The van der Waals surface area contributed by atoms with Crippen LogP contribution >= 0.6 is 0 Å². The van der Waals surface area contributed by atoms with E-state index in [9.17, 15) is 9.59 Å². The number of hydrogen-bond donors (Lipinski definition) is 2. The van der Waals surface area contributed by atoms with E-state index in [2.05, 4.69) is 10.9 Å². The highest BCUT2D eigenvalue weighted by atomic mass is 16.2. The maximum absolute atomic E-state index is 11.5. The van der Waals surface area contributed by atoms with Crippen LogP contribution in [0.5, 0.6) is 0 Å². The van der Waals surface area contributed by atoms with Gasteiger partial charge in [-0.15, -0.1) is 0 Å². The fourth-order valence-corrected chi connectivity index (χ4v) is 1.23. The average Bonchev–Trinajstić information content (AvgIpc) is 3.10. The van der Waals surface area contributed by atoms with E-state index in [0.29, 0.717) is 5.56 Å². The number of carbonyl (C=O) groups excluding carboxylic acids is 2. The van der Waals surface area contributed by atoms with Crippen LogP contribution in [0.4, 0.5) is 0 Å². The van der Waals surface area contributed by atoms with Gasteiger partial charge in [-0.1, -0.05) is 18.2 Å². The van der Waals surface area contributed by atoms with Crippen LogP contribution < -0.4 is 10.9 Å². The molecular weight excluding hydrogens is 192 g/mol. The summed E-state index contributed by atoms with van der Waals surface area (Å²) in [4.78, 5) is 22.7. The molecule has 0 heterocycles. The van der Waals surface area contributed by atoms with Gasteiger partial charge in [-0.3, -0.25) is 20.4 Å². The van der Waals surface area contributed by atoms with Crippen LogP contribution in [-0.4, -0.2) is 11.8 Å². The summed E-state index contributed by atoms with van der Waals surface area (Å²) in [6, 6.07) is 8.77. The lowest BCUT2D eigenvalue weighted by molar-refractivity contribution is -0.123. The van der Waals surface area contributed by atoms with Crippen molar-refractivity contribution in [1.29, 1.82) is 0 Å². The number of nitrogens with one attached hydrogen (secondary N) is 2. The molecule has 15 heavy (non-hydrogen) atoms. The number of amides is 2. The Labute approximate surface area is 87.6 Å². The van der Waals surface area contributed by atoms with Crippen LogP contribution in [0.1, 0.15) is 23.2 Å². The van der Waals surface area contributed by atoms with Gasteiger partial charge in [0.25, 0.3) is 5.91 Å². The van der Waals surface area contributed by atoms with E-state index in [1.165, 1.54) is 0 Å². The van der Waals surface area contributed by atoms with E-state index >= 15 is 0 Å². The van der Waals surface area contributed by atoms with Gasteiger partial charge in [0.2, 0.25) is 5.91 Å². The minimum Gasteiger partial charge on any atom is -0.273 e. The van der Waals surface area contributed by atoms with Gasteiger partial charge < -0.3 is 0 Å². The monoisotopic (exact) mass is 204 g/mol. The molecule has 0 aromatic heterocycles. The van der Waals surface area contributed by atoms with Gasteiger partial charge in [0, 0.05) is 11.5 Å². The molecule has 0 atom stereocenters. The van der Waals surface area contributed by atoms with Crippen molar-refractivity contribution in [3.05, 3.63) is 35.9 Å². The normalized spacial score (nSPS) is 14.4. The minimum atomic E-state index is -0.287. The van der Waals surface area contributed by atoms with Crippen molar-refractivity contribution < 1.29 is 9.59 Å². The first-order valence-corrected chi connectivity index (χ1v) is 4.92. The van der Waals surface area contributed by atoms with Crippen molar-refractivity contribution in [3.8, 4) is 0 Å². The molecule has 2 N–H and O–H groups in total. The highest BCUT2D eigenvalue weighted by molar-refractivity contribution is 5.95. The zero-order chi connectivity index (χ0) is 10.7. The van der Waals surface area contributed by atoms with Gasteiger partial charge in [-0.05, 0) is 25.0 Å². The molecule has 2 amide bonds. The molecule has 4 heteroatoms. The Hall–Kier alpha value is -1.84. The first kappa shape index (κ1) is 9.71. The molecule has 4 nitrogen and oxygen atoms in total. The molecule has 1 aliphatic rings. The van der Waals surface area contributed by atoms with E-state index in [1.54, 1.807) is 24.3 Å².